The molecule has 3 unspecified atom stereocenters. The molecule has 0 amide bonds. The largest absolute Gasteiger partial charge is 0.479 e. The SMILES string of the molecule is CC1=NC=C(c2ccc(OCCc3ccccc3)nc2)C(N2CCC(C)(C)CC2)C1(F)C(OC(C)(C)C)C(=O)O. The quantitative estimate of drug-likeness (QED) is 0.412. The molecule has 3 atom stereocenters. The first-order chi connectivity index (χ1) is 18.8. The molecule has 1 fully saturated rings. The number of carboxylic acids is 1. The number of alkyl halides is 1. The Kier molecular flexibility index (Phi) is 8.80. The Balaban J connectivity index is 1.65. The zero-order valence-electron chi connectivity index (χ0n) is 24.5. The minimum Gasteiger partial charge on any atom is -0.479 e. The van der Waals surface area contributed by atoms with Gasteiger partial charge in [-0.25, -0.2) is 14.2 Å². The van der Waals surface area contributed by atoms with Gasteiger partial charge in [-0.15, -0.1) is 0 Å². The molecule has 1 saturated heterocycles. The van der Waals surface area contributed by atoms with Gasteiger partial charge < -0.3 is 14.6 Å². The van der Waals surface area contributed by atoms with Crippen molar-refractivity contribution in [1.82, 2.24) is 9.88 Å². The van der Waals surface area contributed by atoms with Crippen molar-refractivity contribution in [1.29, 1.82) is 0 Å². The van der Waals surface area contributed by atoms with Gasteiger partial charge >= 0.3 is 5.97 Å². The van der Waals surface area contributed by atoms with Gasteiger partial charge in [0.2, 0.25) is 11.5 Å². The van der Waals surface area contributed by atoms with Gasteiger partial charge in [0, 0.05) is 30.5 Å². The minimum absolute atomic E-state index is 0.0940. The summed E-state index contributed by atoms with van der Waals surface area (Å²) in [6.45, 7) is 12.9. The van der Waals surface area contributed by atoms with E-state index in [1.54, 1.807) is 46.2 Å². The number of aromatic nitrogens is 1. The number of rotatable bonds is 9. The third-order valence-corrected chi connectivity index (χ3v) is 7.79. The van der Waals surface area contributed by atoms with Gasteiger partial charge in [0.25, 0.3) is 0 Å². The number of halogens is 1. The number of benzene rings is 1. The second-order valence-electron chi connectivity index (χ2n) is 12.6. The number of aliphatic imine (C=N–C) groups is 1. The molecule has 2 aliphatic rings. The molecule has 3 heterocycles. The molecular formula is C32H42FN3O4. The van der Waals surface area contributed by atoms with E-state index in [0.29, 0.717) is 36.7 Å². The third-order valence-electron chi connectivity index (χ3n) is 7.79. The number of aliphatic carboxylic acids is 1. The van der Waals surface area contributed by atoms with Crippen LogP contribution in [0.3, 0.4) is 0 Å². The molecule has 8 heteroatoms. The lowest BCUT2D eigenvalue weighted by Crippen LogP contribution is -2.66. The Morgan fingerprint density at radius 3 is 2.40 bits per heavy atom. The second-order valence-corrected chi connectivity index (χ2v) is 12.6. The van der Waals surface area contributed by atoms with E-state index in [1.807, 2.05) is 24.3 Å². The van der Waals surface area contributed by atoms with Crippen molar-refractivity contribution in [2.75, 3.05) is 19.7 Å². The van der Waals surface area contributed by atoms with E-state index in [2.05, 4.69) is 40.9 Å². The van der Waals surface area contributed by atoms with E-state index >= 15 is 4.39 Å². The number of nitrogens with zero attached hydrogens (tertiary/aromatic N) is 3. The summed E-state index contributed by atoms with van der Waals surface area (Å²) < 4.78 is 29.4. The number of piperidine rings is 1. The highest BCUT2D eigenvalue weighted by molar-refractivity contribution is 6.01. The van der Waals surface area contributed by atoms with Gasteiger partial charge in [0.15, 0.2) is 6.10 Å². The molecule has 0 radical (unpaired) electrons. The van der Waals surface area contributed by atoms with Gasteiger partial charge in [-0.1, -0.05) is 44.2 Å². The lowest BCUT2D eigenvalue weighted by molar-refractivity contribution is -0.176. The van der Waals surface area contributed by atoms with Crippen molar-refractivity contribution < 1.29 is 23.8 Å². The highest BCUT2D eigenvalue weighted by Crippen LogP contribution is 2.44. The summed E-state index contributed by atoms with van der Waals surface area (Å²) in [6, 6.07) is 12.8. The maximum atomic E-state index is 17.6. The summed E-state index contributed by atoms with van der Waals surface area (Å²) >= 11 is 0. The number of pyridine rings is 1. The second kappa shape index (κ2) is 11.8. The van der Waals surface area contributed by atoms with Crippen LogP contribution in [0, 0.1) is 5.41 Å². The summed E-state index contributed by atoms with van der Waals surface area (Å²) in [7, 11) is 0. The van der Waals surface area contributed by atoms with Gasteiger partial charge in [-0.05, 0) is 76.2 Å². The number of carbonyl (C=O) groups is 1. The predicted octanol–water partition coefficient (Wildman–Crippen LogP) is 5.99. The average molecular weight is 552 g/mol. The maximum Gasteiger partial charge on any atom is 0.336 e. The Morgan fingerprint density at radius 2 is 1.82 bits per heavy atom. The van der Waals surface area contributed by atoms with E-state index in [4.69, 9.17) is 9.47 Å². The Hall–Kier alpha value is -3.10. The van der Waals surface area contributed by atoms with E-state index < -0.39 is 29.4 Å². The van der Waals surface area contributed by atoms with Crippen LogP contribution in [0.2, 0.25) is 0 Å². The van der Waals surface area contributed by atoms with Crippen LogP contribution in [0.15, 0.2) is 59.9 Å². The van der Waals surface area contributed by atoms with Crippen LogP contribution in [0.1, 0.15) is 65.5 Å². The van der Waals surface area contributed by atoms with Crippen LogP contribution in [0.25, 0.3) is 5.57 Å². The fourth-order valence-corrected chi connectivity index (χ4v) is 5.40. The molecule has 2 aromatic rings. The standard InChI is InChI=1S/C32H42FN3O4/c1-22-32(33,28(29(37)38)40-30(2,3)4)27(36-17-15-31(5,6)16-18-36)25(21-34-22)24-12-13-26(35-20-24)39-19-14-23-10-8-7-9-11-23/h7-13,20-21,27-28H,14-19H2,1-6H3,(H,37,38). The fraction of sp³-hybridized carbons (Fsp3) is 0.531. The zero-order valence-corrected chi connectivity index (χ0v) is 24.5. The van der Waals surface area contributed by atoms with Crippen molar-refractivity contribution in [3.8, 4) is 5.88 Å². The molecule has 1 aromatic heterocycles. The van der Waals surface area contributed by atoms with Crippen LogP contribution in [-0.2, 0) is 16.0 Å². The van der Waals surface area contributed by atoms with Crippen molar-refractivity contribution >= 4 is 17.3 Å². The van der Waals surface area contributed by atoms with Crippen LogP contribution in [0.4, 0.5) is 4.39 Å². The normalized spacial score (nSPS) is 24.1. The molecule has 2 aliphatic heterocycles. The molecule has 7 nitrogen and oxygen atoms in total. The molecule has 40 heavy (non-hydrogen) atoms. The molecule has 0 bridgehead atoms. The first kappa shape index (κ1) is 29.9. The first-order valence-corrected chi connectivity index (χ1v) is 14.0. The van der Waals surface area contributed by atoms with Crippen molar-refractivity contribution in [2.24, 2.45) is 10.4 Å². The number of likely N-dealkylation sites (tertiary alicyclic amines) is 1. The summed E-state index contributed by atoms with van der Waals surface area (Å²) in [5, 5.41) is 10.2. The zero-order chi connectivity index (χ0) is 29.1. The van der Waals surface area contributed by atoms with Gasteiger partial charge in [0.1, 0.15) is 0 Å². The first-order valence-electron chi connectivity index (χ1n) is 14.0. The molecule has 4 rings (SSSR count). The van der Waals surface area contributed by atoms with Crippen molar-refractivity contribution in [3.05, 3.63) is 66.0 Å². The van der Waals surface area contributed by atoms with Crippen LogP contribution < -0.4 is 4.74 Å². The number of hydrogen-bond donors (Lipinski definition) is 1. The topological polar surface area (TPSA) is 84.3 Å². The molecule has 1 N–H and O–H groups in total. The molecule has 216 valence electrons. The lowest BCUT2D eigenvalue weighted by Gasteiger charge is -2.49. The average Bonchev–Trinajstić information content (AvgIpc) is 2.90. The minimum atomic E-state index is -2.39. The van der Waals surface area contributed by atoms with E-state index in [0.717, 1.165) is 19.3 Å². The molecule has 0 spiro atoms. The van der Waals surface area contributed by atoms with E-state index in [9.17, 15) is 9.90 Å². The van der Waals surface area contributed by atoms with E-state index in [1.165, 1.54) is 5.56 Å². The summed E-state index contributed by atoms with van der Waals surface area (Å²) in [6.07, 6.45) is 4.06. The van der Waals surface area contributed by atoms with Crippen LogP contribution in [-0.4, -0.2) is 69.8 Å². The predicted molar refractivity (Wildman–Crippen MR) is 155 cm³/mol. The number of carboxylic acid groups (broad SMARTS) is 1. The highest BCUT2D eigenvalue weighted by atomic mass is 19.1. The summed E-state index contributed by atoms with van der Waals surface area (Å²) in [5.74, 6) is -0.881. The highest BCUT2D eigenvalue weighted by Gasteiger charge is 2.59. The van der Waals surface area contributed by atoms with Crippen LogP contribution >= 0.6 is 0 Å². The number of ether oxygens (including phenoxy) is 2. The fourth-order valence-electron chi connectivity index (χ4n) is 5.40. The summed E-state index contributed by atoms with van der Waals surface area (Å²) in [5.41, 5.74) is -0.614. The Morgan fingerprint density at radius 1 is 1.15 bits per heavy atom. The summed E-state index contributed by atoms with van der Waals surface area (Å²) in [4.78, 5) is 23.5. The van der Waals surface area contributed by atoms with E-state index in [-0.39, 0.29) is 11.1 Å². The monoisotopic (exact) mass is 551 g/mol. The van der Waals surface area contributed by atoms with Crippen molar-refractivity contribution in [3.63, 3.8) is 0 Å². The molecule has 0 aliphatic carbocycles. The van der Waals surface area contributed by atoms with Crippen LogP contribution in [0.5, 0.6) is 5.88 Å². The maximum absolute atomic E-state index is 17.6. The Bertz CT molecular complexity index is 1230. The lowest BCUT2D eigenvalue weighted by atomic mass is 9.75. The molecule has 0 saturated carbocycles. The Labute approximate surface area is 237 Å². The van der Waals surface area contributed by atoms with Gasteiger partial charge in [-0.2, -0.15) is 0 Å². The third kappa shape index (κ3) is 6.78. The number of hydrogen-bond acceptors (Lipinski definition) is 6. The van der Waals surface area contributed by atoms with Crippen molar-refractivity contribution in [2.45, 2.75) is 84.2 Å². The van der Waals surface area contributed by atoms with Gasteiger partial charge in [0.05, 0.1) is 24.0 Å². The molecular weight excluding hydrogens is 509 g/mol. The smallest absolute Gasteiger partial charge is 0.336 e. The molecule has 1 aromatic carbocycles. The van der Waals surface area contributed by atoms with Gasteiger partial charge in [-0.3, -0.25) is 9.89 Å².